The number of hydrogen-bond acceptors (Lipinski definition) is 2. The SMILES string of the molecule is CC(C)C(=O)[N](Cc1ccccc1)[Nd]([Br])[N](Cc1ccccc1)C(=O)C(C)C. The van der Waals surface area contributed by atoms with Crippen molar-refractivity contribution in [3.63, 3.8) is 0 Å². The number of hydrogen-bond donors (Lipinski definition) is 0. The Morgan fingerprint density at radius 1 is 0.750 bits per heavy atom. The first-order valence-electron chi connectivity index (χ1n) is 9.54. The first-order valence-corrected chi connectivity index (χ1v) is 19.5. The van der Waals surface area contributed by atoms with E-state index >= 15 is 0 Å². The van der Waals surface area contributed by atoms with Gasteiger partial charge in [0.1, 0.15) is 0 Å². The molecule has 4 nitrogen and oxygen atoms in total. The summed E-state index contributed by atoms with van der Waals surface area (Å²) >= 11 is -3.12. The van der Waals surface area contributed by atoms with Gasteiger partial charge in [0, 0.05) is 0 Å². The normalized spacial score (nSPS) is 10.8. The fourth-order valence-corrected chi connectivity index (χ4v) is 13.0. The molecule has 149 valence electrons. The zero-order valence-corrected chi connectivity index (χ0v) is 21.7. The van der Waals surface area contributed by atoms with Gasteiger partial charge >= 0.3 is 189 Å². The second kappa shape index (κ2) is 11.4. The summed E-state index contributed by atoms with van der Waals surface area (Å²) in [6.07, 6.45) is 0. The molecule has 2 amide bonds. The van der Waals surface area contributed by atoms with Gasteiger partial charge in [0.15, 0.2) is 0 Å². The van der Waals surface area contributed by atoms with E-state index in [-0.39, 0.29) is 23.7 Å². The number of carbonyl (C=O) groups is 2. The molecule has 0 unspecified atom stereocenters. The molecule has 6 heteroatoms. The fourth-order valence-electron chi connectivity index (χ4n) is 2.77. The molecule has 0 aromatic heterocycles. The topological polar surface area (TPSA) is 40.6 Å². The molecular weight excluding hydrogens is 548 g/mol. The van der Waals surface area contributed by atoms with Crippen LogP contribution in [0.3, 0.4) is 0 Å². The van der Waals surface area contributed by atoms with Crippen molar-refractivity contribution >= 4 is 20.8 Å². The zero-order chi connectivity index (χ0) is 20.7. The van der Waals surface area contributed by atoms with E-state index in [4.69, 9.17) is 0 Å². The van der Waals surface area contributed by atoms with Crippen molar-refractivity contribution in [1.29, 1.82) is 0 Å². The predicted molar refractivity (Wildman–Crippen MR) is 113 cm³/mol. The van der Waals surface area contributed by atoms with Crippen LogP contribution in [-0.4, -0.2) is 13.8 Å². The van der Waals surface area contributed by atoms with E-state index in [2.05, 4.69) is 9.01 Å². The number of benzene rings is 2. The van der Waals surface area contributed by atoms with Crippen LogP contribution in [0.5, 0.6) is 0 Å². The number of amides is 2. The summed E-state index contributed by atoms with van der Waals surface area (Å²) in [5.74, 6) is -0.0434. The van der Waals surface area contributed by atoms with Gasteiger partial charge in [-0.2, -0.15) is 0 Å². The molecule has 0 fully saturated rings. The number of carbonyl (C=O) groups excluding carboxylic acids is 2. The maximum absolute atomic E-state index is 13.0. The molecule has 0 saturated carbocycles. The summed E-state index contributed by atoms with van der Waals surface area (Å²) in [6, 6.07) is 20.0. The number of halogens is 1. The van der Waals surface area contributed by atoms with Gasteiger partial charge in [-0.05, 0) is 0 Å². The molecule has 2 aromatic carbocycles. The van der Waals surface area contributed by atoms with Crippen molar-refractivity contribution in [3.05, 3.63) is 71.8 Å². The average molecular weight is 577 g/mol. The second-order valence-corrected chi connectivity index (χ2v) is 17.8. The van der Waals surface area contributed by atoms with Crippen LogP contribution >= 0.6 is 9.01 Å². The summed E-state index contributed by atoms with van der Waals surface area (Å²) < 4.78 is 3.90. The van der Waals surface area contributed by atoms with Crippen LogP contribution in [0.1, 0.15) is 38.8 Å². The Bertz CT molecular complexity index is 703. The minimum absolute atomic E-state index is 0.0950. The first kappa shape index (κ1) is 23.5. The second-order valence-electron chi connectivity index (χ2n) is 7.40. The van der Waals surface area contributed by atoms with Crippen molar-refractivity contribution in [2.24, 2.45) is 11.8 Å². The van der Waals surface area contributed by atoms with Crippen molar-refractivity contribution < 1.29 is 41.9 Å². The molecule has 0 aliphatic heterocycles. The van der Waals surface area contributed by atoms with Gasteiger partial charge in [0.2, 0.25) is 0 Å². The molecule has 2 rings (SSSR count). The summed E-state index contributed by atoms with van der Waals surface area (Å²) in [5, 5.41) is 0. The minimum atomic E-state index is -3.12. The van der Waals surface area contributed by atoms with E-state index in [9.17, 15) is 9.59 Å². The van der Waals surface area contributed by atoms with Crippen molar-refractivity contribution in [2.45, 2.75) is 40.8 Å². The molecule has 0 radical (unpaired) electrons. The first-order chi connectivity index (χ1) is 13.3. The van der Waals surface area contributed by atoms with Crippen LogP contribution in [0.2, 0.25) is 0 Å². The van der Waals surface area contributed by atoms with Crippen LogP contribution in [0.15, 0.2) is 60.7 Å². The molecule has 2 aromatic rings. The van der Waals surface area contributed by atoms with Gasteiger partial charge in [0.25, 0.3) is 0 Å². The van der Waals surface area contributed by atoms with E-state index < -0.39 is 32.3 Å². The quantitative estimate of drug-likeness (QED) is 0.438. The Balaban J connectivity index is 2.35. The molecule has 0 aliphatic carbocycles. The van der Waals surface area contributed by atoms with E-state index in [0.717, 1.165) is 11.1 Å². The van der Waals surface area contributed by atoms with Gasteiger partial charge in [-0.15, -0.1) is 0 Å². The van der Waals surface area contributed by atoms with E-state index in [0.29, 0.717) is 13.1 Å². The molecule has 0 bridgehead atoms. The third-order valence-electron chi connectivity index (χ3n) is 4.33. The predicted octanol–water partition coefficient (Wildman–Crippen LogP) is 5.12. The van der Waals surface area contributed by atoms with Crippen LogP contribution in [-0.2, 0) is 22.7 Å². The van der Waals surface area contributed by atoms with Crippen molar-refractivity contribution in [3.8, 4) is 0 Å². The Hall–Kier alpha value is -0.789. The van der Waals surface area contributed by atoms with Gasteiger partial charge < -0.3 is 0 Å². The Morgan fingerprint density at radius 3 is 1.36 bits per heavy atom. The zero-order valence-electron chi connectivity index (χ0n) is 16.9. The van der Waals surface area contributed by atoms with Crippen molar-refractivity contribution in [1.82, 2.24) is 1.97 Å². The third-order valence-corrected chi connectivity index (χ3v) is 16.0. The van der Waals surface area contributed by atoms with Crippen LogP contribution < -0.4 is 0 Å². The van der Waals surface area contributed by atoms with Crippen LogP contribution in [0.25, 0.3) is 0 Å². The molecule has 0 N–H and O–H groups in total. The number of nitrogens with zero attached hydrogens (tertiary/aromatic N) is 2. The number of rotatable bonds is 8. The van der Waals surface area contributed by atoms with Gasteiger partial charge in [0.05, 0.1) is 0 Å². The Kier molecular flexibility index (Phi) is 9.57. The van der Waals surface area contributed by atoms with E-state index in [1.807, 2.05) is 90.3 Å². The van der Waals surface area contributed by atoms with Gasteiger partial charge in [-0.25, -0.2) is 0 Å². The van der Waals surface area contributed by atoms with Crippen LogP contribution in [0.4, 0.5) is 0 Å². The average Bonchev–Trinajstić information content (AvgIpc) is 2.70. The van der Waals surface area contributed by atoms with Crippen molar-refractivity contribution in [2.75, 3.05) is 0 Å². The standard InChI is InChI=1S/2C11H15NO.BrH.Nd/c2*1-9(2)11(13)12-8-10-6-4-3-5-7-10;;/h2*3-7,9H,8H2,1-2H3,(H,12,13);1H;/q;;;+3/p-3. The van der Waals surface area contributed by atoms with Gasteiger partial charge in [-0.3, -0.25) is 0 Å². The fraction of sp³-hybridized carbons (Fsp3) is 0.364. The van der Waals surface area contributed by atoms with Gasteiger partial charge in [-0.1, -0.05) is 0 Å². The summed E-state index contributed by atoms with van der Waals surface area (Å²) in [5.41, 5.74) is 2.16. The molecule has 0 spiro atoms. The monoisotopic (exact) mass is 573 g/mol. The Morgan fingerprint density at radius 2 is 1.07 bits per heavy atom. The van der Waals surface area contributed by atoms with E-state index in [1.54, 1.807) is 0 Å². The molecule has 0 atom stereocenters. The molecule has 0 aliphatic rings. The summed E-state index contributed by atoms with van der Waals surface area (Å²) in [7, 11) is 3.89. The third kappa shape index (κ3) is 6.63. The summed E-state index contributed by atoms with van der Waals surface area (Å²) in [4.78, 5) is 26.1. The maximum atomic E-state index is 13.0. The Labute approximate surface area is 187 Å². The summed E-state index contributed by atoms with van der Waals surface area (Å²) in [6.45, 7) is 8.72. The molecule has 28 heavy (non-hydrogen) atoms. The molecule has 0 saturated heterocycles. The molecule has 0 heterocycles. The van der Waals surface area contributed by atoms with E-state index in [1.165, 1.54) is 0 Å². The van der Waals surface area contributed by atoms with Crippen LogP contribution in [0, 0.1) is 44.2 Å². The molecular formula is C22H28BrN2NdO2.